The summed E-state index contributed by atoms with van der Waals surface area (Å²) in [6, 6.07) is 7.23. The predicted octanol–water partition coefficient (Wildman–Crippen LogP) is 3.96. The van der Waals surface area contributed by atoms with Gasteiger partial charge in [-0.2, -0.15) is 0 Å². The van der Waals surface area contributed by atoms with Gasteiger partial charge in [-0.05, 0) is 75.8 Å². The van der Waals surface area contributed by atoms with E-state index in [9.17, 15) is 23.5 Å². The number of carboxylic acid groups (broad SMARTS) is 1. The number of aryl methyl sites for hydroxylation is 2. The minimum atomic E-state index is -1.20. The molecule has 1 aromatic carbocycles. The maximum Gasteiger partial charge on any atom is 0.326 e. The van der Waals surface area contributed by atoms with E-state index in [1.807, 2.05) is 4.90 Å². The van der Waals surface area contributed by atoms with Gasteiger partial charge in [0.2, 0.25) is 5.91 Å². The molecule has 0 aliphatic carbocycles. The number of fused-ring (bicyclic) bond motifs is 1. The minimum absolute atomic E-state index is 0.0633. The maximum atomic E-state index is 14.5. The first-order chi connectivity index (χ1) is 19.8. The van der Waals surface area contributed by atoms with E-state index in [1.54, 1.807) is 6.07 Å². The molecule has 0 radical (unpaired) electrons. The van der Waals surface area contributed by atoms with Gasteiger partial charge < -0.3 is 30.1 Å². The third-order valence-corrected chi connectivity index (χ3v) is 7.48. The molecule has 3 N–H and O–H groups in total. The van der Waals surface area contributed by atoms with E-state index < -0.39 is 42.4 Å². The summed E-state index contributed by atoms with van der Waals surface area (Å²) in [4.78, 5) is 31.7. The van der Waals surface area contributed by atoms with E-state index in [0.717, 1.165) is 50.2 Å². The van der Waals surface area contributed by atoms with Crippen molar-refractivity contribution in [2.24, 2.45) is 0 Å². The number of anilines is 1. The molecule has 1 aromatic heterocycles. The largest absolute Gasteiger partial charge is 0.496 e. The van der Waals surface area contributed by atoms with Gasteiger partial charge in [-0.1, -0.05) is 12.1 Å². The molecule has 9 nitrogen and oxygen atoms in total. The van der Waals surface area contributed by atoms with Crippen LogP contribution >= 0.6 is 0 Å². The topological polar surface area (TPSA) is 113 Å². The second-order valence-electron chi connectivity index (χ2n) is 10.4. The van der Waals surface area contributed by atoms with Gasteiger partial charge in [0, 0.05) is 38.0 Å². The molecule has 3 atom stereocenters. The first kappa shape index (κ1) is 32.2. The minimum Gasteiger partial charge on any atom is -0.496 e. The van der Waals surface area contributed by atoms with E-state index in [-0.39, 0.29) is 24.3 Å². The number of nitrogens with one attached hydrogen (secondary N) is 2. The van der Waals surface area contributed by atoms with Gasteiger partial charge in [0.05, 0.1) is 19.1 Å². The Bertz CT molecular complexity index is 1150. The Morgan fingerprint density at radius 2 is 2.00 bits per heavy atom. The molecule has 0 bridgehead atoms. The Labute approximate surface area is 240 Å². The summed E-state index contributed by atoms with van der Waals surface area (Å²) in [5, 5.41) is 15.7. The highest BCUT2D eigenvalue weighted by molar-refractivity contribution is 5.88. The molecule has 11 heteroatoms. The van der Waals surface area contributed by atoms with Crippen LogP contribution in [0.5, 0.6) is 5.75 Å². The molecular formula is C30H42F2N4O5. The number of ether oxygens (including phenoxy) is 2. The van der Waals surface area contributed by atoms with Gasteiger partial charge in [0.25, 0.3) is 0 Å². The van der Waals surface area contributed by atoms with Crippen molar-refractivity contribution >= 4 is 17.7 Å². The lowest BCUT2D eigenvalue weighted by Gasteiger charge is -2.27. The molecule has 2 heterocycles. The molecule has 226 valence electrons. The molecule has 0 saturated heterocycles. The SMILES string of the molecule is COc1cccc(F)c1C(C)C(=O)NC(CCN(CCCCc1ccc2c(n1)NCCC2)CC(CF)OC)C(=O)O. The van der Waals surface area contributed by atoms with Crippen LogP contribution in [0.3, 0.4) is 0 Å². The van der Waals surface area contributed by atoms with Crippen LogP contribution in [0.15, 0.2) is 30.3 Å². The molecule has 0 fully saturated rings. The number of hydrogen-bond donors (Lipinski definition) is 3. The van der Waals surface area contributed by atoms with Crippen LogP contribution in [-0.2, 0) is 27.2 Å². The zero-order chi connectivity index (χ0) is 29.8. The number of benzene rings is 1. The summed E-state index contributed by atoms with van der Waals surface area (Å²) >= 11 is 0. The molecule has 0 spiro atoms. The number of amides is 1. The predicted molar refractivity (Wildman–Crippen MR) is 153 cm³/mol. The number of nitrogens with zero attached hydrogens (tertiary/aromatic N) is 2. The lowest BCUT2D eigenvalue weighted by atomic mass is 9.98. The monoisotopic (exact) mass is 576 g/mol. The van der Waals surface area contributed by atoms with Gasteiger partial charge in [0.15, 0.2) is 0 Å². The smallest absolute Gasteiger partial charge is 0.326 e. The maximum absolute atomic E-state index is 14.5. The van der Waals surface area contributed by atoms with E-state index in [4.69, 9.17) is 14.5 Å². The van der Waals surface area contributed by atoms with Crippen LogP contribution < -0.4 is 15.4 Å². The number of pyridine rings is 1. The van der Waals surface area contributed by atoms with Crippen molar-refractivity contribution in [3.8, 4) is 5.75 Å². The second-order valence-corrected chi connectivity index (χ2v) is 10.4. The highest BCUT2D eigenvalue weighted by Gasteiger charge is 2.28. The second kappa shape index (κ2) is 16.2. The van der Waals surface area contributed by atoms with Crippen molar-refractivity contribution in [1.29, 1.82) is 0 Å². The fourth-order valence-electron chi connectivity index (χ4n) is 5.03. The van der Waals surface area contributed by atoms with Crippen molar-refractivity contribution < 1.29 is 33.0 Å². The van der Waals surface area contributed by atoms with Crippen LogP contribution in [0.2, 0.25) is 0 Å². The zero-order valence-electron chi connectivity index (χ0n) is 24.1. The van der Waals surface area contributed by atoms with Gasteiger partial charge in [0.1, 0.15) is 30.1 Å². The number of alkyl halides is 1. The van der Waals surface area contributed by atoms with Crippen LogP contribution in [0.25, 0.3) is 0 Å². The number of carboxylic acids is 1. The quantitative estimate of drug-likeness (QED) is 0.243. The number of carbonyl (C=O) groups is 2. The van der Waals surface area contributed by atoms with E-state index in [1.165, 1.54) is 38.8 Å². The number of hydrogen-bond acceptors (Lipinski definition) is 7. The summed E-state index contributed by atoms with van der Waals surface area (Å²) in [6.07, 6.45) is 4.04. The number of methoxy groups -OCH3 is 2. The standard InChI is InChI=1S/C30H42F2N4O5/c1-20(27-24(32)10-6-11-26(27)41-3)29(37)35-25(30(38)39)14-17-36(19-23(18-31)40-2)16-5-4-9-22-13-12-21-8-7-15-33-28(21)34-22/h6,10-13,20,23,25H,4-5,7-9,14-19H2,1-3H3,(H,33,34)(H,35,37)(H,38,39). The average molecular weight is 577 g/mol. The van der Waals surface area contributed by atoms with Crippen LogP contribution in [0.1, 0.15) is 55.3 Å². The highest BCUT2D eigenvalue weighted by atomic mass is 19.1. The molecule has 1 amide bonds. The summed E-state index contributed by atoms with van der Waals surface area (Å²) in [5.41, 5.74) is 2.32. The lowest BCUT2D eigenvalue weighted by Crippen LogP contribution is -2.45. The first-order valence-corrected chi connectivity index (χ1v) is 14.2. The van der Waals surface area contributed by atoms with Crippen LogP contribution in [0, 0.1) is 5.82 Å². The van der Waals surface area contributed by atoms with Crippen molar-refractivity contribution in [3.63, 3.8) is 0 Å². The number of carbonyl (C=O) groups excluding carboxylic acids is 1. The molecule has 2 aromatic rings. The fraction of sp³-hybridized carbons (Fsp3) is 0.567. The molecule has 3 rings (SSSR count). The Morgan fingerprint density at radius 3 is 2.71 bits per heavy atom. The number of rotatable bonds is 17. The molecule has 3 unspecified atom stereocenters. The normalized spacial score (nSPS) is 15.0. The lowest BCUT2D eigenvalue weighted by molar-refractivity contribution is -0.142. The highest BCUT2D eigenvalue weighted by Crippen LogP contribution is 2.29. The summed E-state index contributed by atoms with van der Waals surface area (Å²) in [6.45, 7) is 2.96. The van der Waals surface area contributed by atoms with Gasteiger partial charge in [-0.15, -0.1) is 0 Å². The summed E-state index contributed by atoms with van der Waals surface area (Å²) in [7, 11) is 2.82. The Balaban J connectivity index is 1.57. The molecule has 41 heavy (non-hydrogen) atoms. The van der Waals surface area contributed by atoms with Crippen molar-refractivity contribution in [3.05, 3.63) is 53.0 Å². The van der Waals surface area contributed by atoms with Crippen LogP contribution in [0.4, 0.5) is 14.6 Å². The Kier molecular flexibility index (Phi) is 12.7. The van der Waals surface area contributed by atoms with Gasteiger partial charge in [-0.25, -0.2) is 18.6 Å². The molecule has 0 saturated carbocycles. The molecular weight excluding hydrogens is 534 g/mol. The van der Waals surface area contributed by atoms with E-state index in [2.05, 4.69) is 22.8 Å². The van der Waals surface area contributed by atoms with E-state index in [0.29, 0.717) is 13.1 Å². The van der Waals surface area contributed by atoms with E-state index >= 15 is 0 Å². The number of unbranched alkanes of at least 4 members (excludes halogenated alkanes) is 1. The third kappa shape index (κ3) is 9.36. The fourth-order valence-corrected chi connectivity index (χ4v) is 5.03. The van der Waals surface area contributed by atoms with Crippen molar-refractivity contribution in [2.75, 3.05) is 52.4 Å². The Morgan fingerprint density at radius 1 is 1.20 bits per heavy atom. The van der Waals surface area contributed by atoms with Crippen LogP contribution in [-0.4, -0.2) is 86.1 Å². The third-order valence-electron chi connectivity index (χ3n) is 7.48. The zero-order valence-corrected chi connectivity index (χ0v) is 24.1. The number of aromatic nitrogens is 1. The average Bonchev–Trinajstić information content (AvgIpc) is 2.98. The summed E-state index contributed by atoms with van der Waals surface area (Å²) in [5.74, 6) is -2.23. The van der Waals surface area contributed by atoms with Gasteiger partial charge >= 0.3 is 5.97 Å². The Hall–Kier alpha value is -3.31. The number of aliphatic carboxylic acids is 1. The number of halogens is 2. The van der Waals surface area contributed by atoms with Crippen molar-refractivity contribution in [2.45, 2.75) is 63.5 Å². The molecule has 1 aliphatic rings. The van der Waals surface area contributed by atoms with Gasteiger partial charge in [-0.3, -0.25) is 4.79 Å². The molecule has 1 aliphatic heterocycles. The first-order valence-electron chi connectivity index (χ1n) is 14.2. The summed E-state index contributed by atoms with van der Waals surface area (Å²) < 4.78 is 38.4. The van der Waals surface area contributed by atoms with Crippen molar-refractivity contribution in [1.82, 2.24) is 15.2 Å².